The summed E-state index contributed by atoms with van der Waals surface area (Å²) in [5.41, 5.74) is 0.970. The molecule has 1 aliphatic carbocycles. The number of hydrogen-bond donors (Lipinski definition) is 1. The monoisotopic (exact) mass is 438 g/mol. The number of nitrogens with one attached hydrogen (secondary N) is 1. The highest BCUT2D eigenvalue weighted by atomic mass is 79.9. The Morgan fingerprint density at radius 1 is 1.19 bits per heavy atom. The fourth-order valence-electron chi connectivity index (χ4n) is 3.40. The molecular weight excluding hydrogens is 423 g/mol. The van der Waals surface area contributed by atoms with Crippen molar-refractivity contribution in [2.45, 2.75) is 31.9 Å². The van der Waals surface area contributed by atoms with E-state index in [1.165, 1.54) is 19.3 Å². The second-order valence-corrected chi connectivity index (χ2v) is 7.76. The Kier molecular flexibility index (Phi) is 4.58. The van der Waals surface area contributed by atoms with Crippen LogP contribution in [-0.4, -0.2) is 4.98 Å². The summed E-state index contributed by atoms with van der Waals surface area (Å²) in [5.74, 6) is -0.172. The van der Waals surface area contributed by atoms with E-state index in [0.717, 1.165) is 29.0 Å². The van der Waals surface area contributed by atoms with Crippen LogP contribution in [-0.2, 0) is 17.7 Å². The van der Waals surface area contributed by atoms with Gasteiger partial charge in [0.1, 0.15) is 11.3 Å². The first-order chi connectivity index (χ1) is 12.8. The summed E-state index contributed by atoms with van der Waals surface area (Å²) in [6.07, 6.45) is 1.90. The molecule has 1 fully saturated rings. The van der Waals surface area contributed by atoms with Gasteiger partial charge in [-0.1, -0.05) is 19.3 Å². The predicted octanol–water partition coefficient (Wildman–Crippen LogP) is 7.23. The number of halogens is 4. The Balaban J connectivity index is 1.70. The van der Waals surface area contributed by atoms with Crippen molar-refractivity contribution >= 4 is 26.8 Å². The van der Waals surface area contributed by atoms with Crippen molar-refractivity contribution in [1.82, 2.24) is 4.98 Å². The standard InChI is InChI=1S/C20H16BrF3NO2/c21-17-8-13(26)7-16(20(22,23)24)19(17)27-14-4-5-18-15(9-14)12(10-25-18)6-11-2-1-3-11/h4-5,7-11,25H,1-3,6H2. The lowest BCUT2D eigenvalue weighted by atomic mass is 9.81. The minimum absolute atomic E-state index is 0.0221. The average molecular weight is 439 g/mol. The van der Waals surface area contributed by atoms with Gasteiger partial charge in [-0.2, -0.15) is 13.2 Å². The van der Waals surface area contributed by atoms with Gasteiger partial charge in [0.15, 0.2) is 11.5 Å². The van der Waals surface area contributed by atoms with Crippen LogP contribution in [0.15, 0.2) is 41.0 Å². The van der Waals surface area contributed by atoms with Gasteiger partial charge in [0.2, 0.25) is 0 Å². The molecule has 27 heavy (non-hydrogen) atoms. The molecular formula is C20H16BrF3NO2. The Hall–Kier alpha value is -2.15. The third-order valence-electron chi connectivity index (χ3n) is 5.01. The molecule has 0 atom stereocenters. The first-order valence-corrected chi connectivity index (χ1v) is 9.46. The van der Waals surface area contributed by atoms with Gasteiger partial charge >= 0.3 is 6.18 Å². The van der Waals surface area contributed by atoms with E-state index in [0.29, 0.717) is 17.7 Å². The van der Waals surface area contributed by atoms with E-state index < -0.39 is 23.2 Å². The topological polar surface area (TPSA) is 44.9 Å². The van der Waals surface area contributed by atoms with Crippen LogP contribution in [0.25, 0.3) is 10.9 Å². The quantitative estimate of drug-likeness (QED) is 0.458. The summed E-state index contributed by atoms with van der Waals surface area (Å²) in [6.45, 7) is 0. The van der Waals surface area contributed by atoms with E-state index in [4.69, 9.17) is 4.74 Å². The number of rotatable bonds is 4. The lowest BCUT2D eigenvalue weighted by Gasteiger charge is -2.24. The van der Waals surface area contributed by atoms with E-state index in [1.807, 2.05) is 6.20 Å². The Labute approximate surface area is 162 Å². The van der Waals surface area contributed by atoms with Crippen molar-refractivity contribution in [3.05, 3.63) is 52.1 Å². The van der Waals surface area contributed by atoms with Crippen molar-refractivity contribution < 1.29 is 23.0 Å². The molecule has 0 amide bonds. The van der Waals surface area contributed by atoms with Crippen LogP contribution < -0.4 is 4.74 Å². The van der Waals surface area contributed by atoms with Gasteiger partial charge in [-0.25, -0.2) is 0 Å². The third-order valence-corrected chi connectivity index (χ3v) is 5.60. The van der Waals surface area contributed by atoms with Crippen molar-refractivity contribution in [2.75, 3.05) is 0 Å². The van der Waals surface area contributed by atoms with E-state index in [1.54, 1.807) is 18.2 Å². The molecule has 0 saturated heterocycles. The number of aromatic nitrogens is 1. The smallest absolute Gasteiger partial charge is 0.420 e. The van der Waals surface area contributed by atoms with E-state index in [9.17, 15) is 18.3 Å². The summed E-state index contributed by atoms with van der Waals surface area (Å²) < 4.78 is 45.5. The fraction of sp³-hybridized carbons (Fsp3) is 0.300. The maximum absolute atomic E-state index is 13.3. The summed E-state index contributed by atoms with van der Waals surface area (Å²) in [6, 6.07) is 6.78. The fourth-order valence-corrected chi connectivity index (χ4v) is 3.92. The molecule has 141 valence electrons. The average Bonchev–Trinajstić information content (AvgIpc) is 2.94. The number of hydrogen-bond acceptors (Lipinski definition) is 1. The lowest BCUT2D eigenvalue weighted by molar-refractivity contribution is -0.138. The van der Waals surface area contributed by atoms with Gasteiger partial charge in [-0.15, -0.1) is 0 Å². The van der Waals surface area contributed by atoms with Crippen LogP contribution in [0.2, 0.25) is 0 Å². The van der Waals surface area contributed by atoms with E-state index in [-0.39, 0.29) is 4.47 Å². The molecule has 0 bridgehead atoms. The second kappa shape index (κ2) is 6.78. The lowest BCUT2D eigenvalue weighted by Crippen LogP contribution is -2.13. The molecule has 1 radical (unpaired) electrons. The van der Waals surface area contributed by atoms with E-state index in [2.05, 4.69) is 20.9 Å². The molecule has 1 heterocycles. The van der Waals surface area contributed by atoms with Gasteiger partial charge < -0.3 is 9.72 Å². The number of H-pyrrole nitrogens is 1. The van der Waals surface area contributed by atoms with Crippen LogP contribution in [0.5, 0.6) is 17.2 Å². The molecule has 1 N–H and O–H groups in total. The highest BCUT2D eigenvalue weighted by molar-refractivity contribution is 9.10. The van der Waals surface area contributed by atoms with Crippen molar-refractivity contribution in [2.24, 2.45) is 5.92 Å². The van der Waals surface area contributed by atoms with Crippen LogP contribution in [0.3, 0.4) is 0 Å². The molecule has 1 saturated carbocycles. The van der Waals surface area contributed by atoms with Crippen molar-refractivity contribution in [1.29, 1.82) is 0 Å². The summed E-state index contributed by atoms with van der Waals surface area (Å²) in [7, 11) is 0. The Morgan fingerprint density at radius 2 is 1.96 bits per heavy atom. The van der Waals surface area contributed by atoms with Gasteiger partial charge in [0.05, 0.1) is 4.47 Å². The van der Waals surface area contributed by atoms with Gasteiger partial charge in [-0.3, -0.25) is 5.11 Å². The highest BCUT2D eigenvalue weighted by Gasteiger charge is 2.36. The predicted molar refractivity (Wildman–Crippen MR) is 98.7 cm³/mol. The van der Waals surface area contributed by atoms with Crippen LogP contribution >= 0.6 is 15.9 Å². The molecule has 3 nitrogen and oxygen atoms in total. The number of benzene rings is 2. The first kappa shape index (κ1) is 18.2. The number of aromatic amines is 1. The van der Waals surface area contributed by atoms with Crippen LogP contribution in [0.4, 0.5) is 13.2 Å². The molecule has 0 aliphatic heterocycles. The zero-order chi connectivity index (χ0) is 19.2. The van der Waals surface area contributed by atoms with Gasteiger partial charge in [0, 0.05) is 29.2 Å². The van der Waals surface area contributed by atoms with Gasteiger partial charge in [0.25, 0.3) is 0 Å². The second-order valence-electron chi connectivity index (χ2n) is 6.90. The molecule has 0 spiro atoms. The maximum Gasteiger partial charge on any atom is 0.420 e. The molecule has 1 aromatic heterocycles. The zero-order valence-electron chi connectivity index (χ0n) is 14.2. The minimum atomic E-state index is -4.69. The third kappa shape index (κ3) is 3.65. The van der Waals surface area contributed by atoms with Crippen LogP contribution in [0.1, 0.15) is 30.4 Å². The van der Waals surface area contributed by atoms with Crippen molar-refractivity contribution in [3.63, 3.8) is 0 Å². The molecule has 0 unspecified atom stereocenters. The summed E-state index contributed by atoms with van der Waals surface area (Å²) >= 11 is 3.02. The molecule has 7 heteroatoms. The maximum atomic E-state index is 13.3. The van der Waals surface area contributed by atoms with Crippen molar-refractivity contribution in [3.8, 4) is 17.2 Å². The first-order valence-electron chi connectivity index (χ1n) is 8.67. The van der Waals surface area contributed by atoms with Crippen LogP contribution in [0, 0.1) is 5.92 Å². The number of ether oxygens (including phenoxy) is 1. The Morgan fingerprint density at radius 3 is 2.63 bits per heavy atom. The molecule has 3 aromatic rings. The highest BCUT2D eigenvalue weighted by Crippen LogP contribution is 2.45. The molecule has 2 aromatic carbocycles. The SMILES string of the molecule is [O]c1cc(Br)c(Oc2ccc3[nH]cc(CC4CCC4)c3c2)c(C(F)(F)F)c1. The minimum Gasteiger partial charge on any atom is -0.456 e. The largest absolute Gasteiger partial charge is 0.456 e. The number of alkyl halides is 3. The summed E-state index contributed by atoms with van der Waals surface area (Å²) in [5, 5.41) is 12.4. The normalized spacial score (nSPS) is 15.1. The molecule has 1 aliphatic rings. The van der Waals surface area contributed by atoms with Gasteiger partial charge in [-0.05, 0) is 52.0 Å². The zero-order valence-corrected chi connectivity index (χ0v) is 15.8. The Bertz CT molecular complexity index is 993. The molecule has 4 rings (SSSR count). The summed E-state index contributed by atoms with van der Waals surface area (Å²) in [4.78, 5) is 3.20. The number of fused-ring (bicyclic) bond motifs is 1. The van der Waals surface area contributed by atoms with E-state index >= 15 is 0 Å².